The third kappa shape index (κ3) is 4.25. The van der Waals surface area contributed by atoms with Gasteiger partial charge < -0.3 is 9.30 Å². The van der Waals surface area contributed by atoms with Crippen molar-refractivity contribution in [3.63, 3.8) is 0 Å². The van der Waals surface area contributed by atoms with E-state index >= 15 is 0 Å². The standard InChI is InChI=1S/C24H14F4N6OS/c1-35-13-6-7-14(17(8-13)24(26,27)28)23-33-32-20(36-23)11-34-10-19-22(30-12-34)16(9-29)21(31-19)15-4-2-3-5-18(15)25/h2-8,10,12H,11H2,1H3. The quantitative estimate of drug-likeness (QED) is 0.284. The van der Waals surface area contributed by atoms with Gasteiger partial charge in [0.1, 0.15) is 44.6 Å². The Morgan fingerprint density at radius 3 is 2.61 bits per heavy atom. The molecule has 0 unspecified atom stereocenters. The summed E-state index contributed by atoms with van der Waals surface area (Å²) < 4.78 is 61.6. The van der Waals surface area contributed by atoms with E-state index in [9.17, 15) is 22.8 Å². The second kappa shape index (κ2) is 9.01. The highest BCUT2D eigenvalue weighted by Crippen LogP contribution is 2.40. The lowest BCUT2D eigenvalue weighted by Gasteiger charge is -2.12. The van der Waals surface area contributed by atoms with Crippen molar-refractivity contribution in [3.05, 3.63) is 76.9 Å². The molecule has 2 aromatic carbocycles. The third-order valence-corrected chi connectivity index (χ3v) is 6.30. The van der Waals surface area contributed by atoms with Crippen LogP contribution < -0.4 is 4.74 Å². The van der Waals surface area contributed by atoms with Crippen LogP contribution in [0.4, 0.5) is 17.6 Å². The Kier molecular flexibility index (Phi) is 5.85. The highest BCUT2D eigenvalue weighted by Gasteiger charge is 2.35. The zero-order chi connectivity index (χ0) is 25.4. The summed E-state index contributed by atoms with van der Waals surface area (Å²) in [6.07, 6.45) is -1.54. The van der Waals surface area contributed by atoms with Gasteiger partial charge in [0.25, 0.3) is 0 Å². The molecule has 1 aromatic heterocycles. The van der Waals surface area contributed by atoms with E-state index in [1.54, 1.807) is 22.9 Å². The van der Waals surface area contributed by atoms with Crippen molar-refractivity contribution in [2.75, 3.05) is 7.11 Å². The first kappa shape index (κ1) is 23.4. The zero-order valence-corrected chi connectivity index (χ0v) is 19.2. The molecule has 0 bridgehead atoms. The molecule has 0 saturated heterocycles. The molecule has 12 heteroatoms. The van der Waals surface area contributed by atoms with E-state index in [-0.39, 0.29) is 39.7 Å². The van der Waals surface area contributed by atoms with Crippen LogP contribution in [-0.2, 0) is 12.7 Å². The van der Waals surface area contributed by atoms with Crippen molar-refractivity contribution >= 4 is 11.3 Å². The molecule has 36 heavy (non-hydrogen) atoms. The molecule has 7 nitrogen and oxygen atoms in total. The average molecular weight is 510 g/mol. The van der Waals surface area contributed by atoms with Crippen molar-refractivity contribution in [1.29, 1.82) is 5.26 Å². The van der Waals surface area contributed by atoms with Crippen LogP contribution in [-0.4, -0.2) is 31.8 Å². The van der Waals surface area contributed by atoms with E-state index in [4.69, 9.17) is 4.74 Å². The Bertz CT molecular complexity index is 1590. The number of halogens is 4. The van der Waals surface area contributed by atoms with Gasteiger partial charge in [0, 0.05) is 17.3 Å². The third-order valence-electron chi connectivity index (χ3n) is 5.36. The maximum atomic E-state index is 14.3. The molecule has 0 N–H and O–H groups in total. The molecule has 0 spiro atoms. The number of alkyl halides is 3. The molecule has 2 aliphatic rings. The van der Waals surface area contributed by atoms with Crippen LogP contribution in [0.5, 0.6) is 5.75 Å². The van der Waals surface area contributed by atoms with E-state index in [0.717, 1.165) is 17.4 Å². The maximum absolute atomic E-state index is 14.3. The van der Waals surface area contributed by atoms with Crippen LogP contribution in [0, 0.1) is 17.1 Å². The summed E-state index contributed by atoms with van der Waals surface area (Å²) in [5, 5.41) is 18.1. The molecule has 0 amide bonds. The largest absolute Gasteiger partial charge is 0.497 e. The molecule has 5 rings (SSSR count). The second-order valence-corrected chi connectivity index (χ2v) is 8.68. The van der Waals surface area contributed by atoms with Gasteiger partial charge in [0.2, 0.25) is 0 Å². The highest BCUT2D eigenvalue weighted by atomic mass is 32.1. The van der Waals surface area contributed by atoms with E-state index in [1.165, 1.54) is 37.7 Å². The topological polar surface area (TPSA) is 89.5 Å². The van der Waals surface area contributed by atoms with Crippen LogP contribution in [0.3, 0.4) is 0 Å². The van der Waals surface area contributed by atoms with Crippen LogP contribution >= 0.6 is 11.3 Å². The number of aromatic nitrogens is 5. The normalized spacial score (nSPS) is 11.6. The molecule has 180 valence electrons. The summed E-state index contributed by atoms with van der Waals surface area (Å²) in [7, 11) is 1.29. The van der Waals surface area contributed by atoms with E-state index in [0.29, 0.717) is 16.4 Å². The van der Waals surface area contributed by atoms with E-state index in [1.807, 2.05) is 6.07 Å². The fourth-order valence-electron chi connectivity index (χ4n) is 3.71. The predicted octanol–water partition coefficient (Wildman–Crippen LogP) is 5.65. The van der Waals surface area contributed by atoms with Gasteiger partial charge in [0.05, 0.1) is 31.2 Å². The number of rotatable bonds is 5. The van der Waals surface area contributed by atoms with E-state index < -0.39 is 17.6 Å². The summed E-state index contributed by atoms with van der Waals surface area (Å²) in [4.78, 5) is 8.71. The van der Waals surface area contributed by atoms with Gasteiger partial charge in [-0.3, -0.25) is 0 Å². The number of benzene rings is 2. The SMILES string of the molecule is COc1ccc(-c2nnc(Cn3cnc4c(C#N)c(-c5ccccc5F)nc-4c3)s2)c(C(F)(F)F)c1. The molecular weight excluding hydrogens is 496 g/mol. The van der Waals surface area contributed by atoms with Gasteiger partial charge in [-0.1, -0.05) is 23.5 Å². The lowest BCUT2D eigenvalue weighted by molar-refractivity contribution is -0.137. The number of fused-ring (bicyclic) bond motifs is 1. The van der Waals surface area contributed by atoms with Gasteiger partial charge in [-0.15, -0.1) is 10.2 Å². The summed E-state index contributed by atoms with van der Waals surface area (Å²) in [5.74, 6) is -0.428. The van der Waals surface area contributed by atoms with Crippen molar-refractivity contribution < 1.29 is 22.3 Å². The van der Waals surface area contributed by atoms with Gasteiger partial charge in [-0.2, -0.15) is 18.4 Å². The minimum absolute atomic E-state index is 0.0828. The first-order valence-corrected chi connectivity index (χ1v) is 11.2. The Morgan fingerprint density at radius 1 is 1.08 bits per heavy atom. The number of hydrogen-bond acceptors (Lipinski definition) is 7. The molecule has 0 atom stereocenters. The number of ether oxygens (including phenoxy) is 1. The minimum atomic E-state index is -4.60. The fourth-order valence-corrected chi connectivity index (χ4v) is 4.59. The average Bonchev–Trinajstić information content (AvgIpc) is 3.47. The molecule has 0 aliphatic carbocycles. The van der Waals surface area contributed by atoms with Crippen LogP contribution in [0.1, 0.15) is 16.1 Å². The molecule has 0 fully saturated rings. The number of nitrogens with zero attached hydrogens (tertiary/aromatic N) is 6. The van der Waals surface area contributed by atoms with Crippen molar-refractivity contribution in [1.82, 2.24) is 24.7 Å². The molecule has 2 aliphatic heterocycles. The number of hydrogen-bond donors (Lipinski definition) is 0. The fraction of sp³-hybridized carbons (Fsp3) is 0.125. The van der Waals surface area contributed by atoms with Crippen LogP contribution in [0.15, 0.2) is 55.0 Å². The molecule has 3 heterocycles. The van der Waals surface area contributed by atoms with Crippen LogP contribution in [0.2, 0.25) is 0 Å². The van der Waals surface area contributed by atoms with Crippen molar-refractivity contribution in [3.8, 4) is 45.0 Å². The van der Waals surface area contributed by atoms with Crippen LogP contribution in [0.25, 0.3) is 33.2 Å². The molecule has 3 aromatic rings. The van der Waals surface area contributed by atoms with E-state index in [2.05, 4.69) is 20.2 Å². The first-order chi connectivity index (χ1) is 17.3. The molecule has 0 radical (unpaired) electrons. The monoisotopic (exact) mass is 510 g/mol. The Labute approximate surface area is 205 Å². The Hall–Kier alpha value is -4.37. The summed E-state index contributed by atoms with van der Waals surface area (Å²) in [6, 6.07) is 11.7. The van der Waals surface area contributed by atoms with Gasteiger partial charge in [-0.25, -0.2) is 14.4 Å². The summed E-state index contributed by atoms with van der Waals surface area (Å²) in [6.45, 7) is 0.155. The maximum Gasteiger partial charge on any atom is 0.417 e. The molecule has 0 saturated carbocycles. The smallest absolute Gasteiger partial charge is 0.417 e. The van der Waals surface area contributed by atoms with Crippen molar-refractivity contribution in [2.45, 2.75) is 12.7 Å². The summed E-state index contributed by atoms with van der Waals surface area (Å²) in [5.41, 5.74) is 0.243. The highest BCUT2D eigenvalue weighted by molar-refractivity contribution is 7.14. The summed E-state index contributed by atoms with van der Waals surface area (Å²) >= 11 is 1.01. The predicted molar refractivity (Wildman–Crippen MR) is 123 cm³/mol. The second-order valence-electron chi connectivity index (χ2n) is 7.62. The first-order valence-electron chi connectivity index (χ1n) is 10.4. The number of methoxy groups -OCH3 is 1. The minimum Gasteiger partial charge on any atom is -0.497 e. The lowest BCUT2D eigenvalue weighted by Crippen LogP contribution is -2.07. The molecular formula is C24H14F4N6OS. The Balaban J connectivity index is 1.48. The zero-order valence-electron chi connectivity index (χ0n) is 18.4. The van der Waals surface area contributed by atoms with Gasteiger partial charge >= 0.3 is 6.18 Å². The van der Waals surface area contributed by atoms with Gasteiger partial charge in [0.15, 0.2) is 0 Å². The lowest BCUT2D eigenvalue weighted by atomic mass is 10.1. The number of nitriles is 1. The Morgan fingerprint density at radius 2 is 1.89 bits per heavy atom. The van der Waals surface area contributed by atoms with Crippen molar-refractivity contribution in [2.24, 2.45) is 0 Å². The van der Waals surface area contributed by atoms with Gasteiger partial charge in [-0.05, 0) is 30.3 Å².